The summed E-state index contributed by atoms with van der Waals surface area (Å²) in [6.45, 7) is 0. The fourth-order valence-corrected chi connectivity index (χ4v) is 1.34. The first kappa shape index (κ1) is 10.1. The van der Waals surface area contributed by atoms with Gasteiger partial charge in [0, 0.05) is 17.7 Å². The maximum Gasteiger partial charge on any atom is 0.256 e. The van der Waals surface area contributed by atoms with E-state index in [9.17, 15) is 4.39 Å². The Morgan fingerprint density at radius 1 is 1.47 bits per heavy atom. The van der Waals surface area contributed by atoms with Crippen molar-refractivity contribution in [2.75, 3.05) is 0 Å². The maximum atomic E-state index is 13.3. The Kier molecular flexibility index (Phi) is 2.68. The third-order valence-electron chi connectivity index (χ3n) is 1.67. The highest BCUT2D eigenvalue weighted by molar-refractivity contribution is 9.10. The molecule has 0 unspecified atom stereocenters. The van der Waals surface area contributed by atoms with Gasteiger partial charge in [0.05, 0.1) is 12.4 Å². The molecule has 0 aromatic carbocycles. The minimum Gasteiger partial charge on any atom is -0.433 e. The van der Waals surface area contributed by atoms with Crippen molar-refractivity contribution >= 4 is 15.9 Å². The molecule has 0 aliphatic heterocycles. The summed E-state index contributed by atoms with van der Waals surface area (Å²) >= 11 is 3.11. The van der Waals surface area contributed by atoms with Crippen LogP contribution in [0.25, 0.3) is 0 Å². The molecule has 2 heterocycles. The quantitative estimate of drug-likeness (QED) is 0.843. The van der Waals surface area contributed by atoms with Crippen LogP contribution in [0.15, 0.2) is 29.1 Å². The van der Waals surface area contributed by atoms with Gasteiger partial charge >= 0.3 is 0 Å². The third kappa shape index (κ3) is 2.33. The number of aromatic nitrogens is 3. The Hall–Kier alpha value is -1.43. The fraction of sp³-hybridized carbons (Fsp3) is 0.111. The number of ether oxygens (including phenoxy) is 1. The van der Waals surface area contributed by atoms with Crippen LogP contribution >= 0.6 is 15.9 Å². The highest BCUT2D eigenvalue weighted by atomic mass is 79.9. The molecule has 2 rings (SSSR count). The molecule has 6 heteroatoms. The van der Waals surface area contributed by atoms with Crippen LogP contribution in [0.1, 0.15) is 0 Å². The van der Waals surface area contributed by atoms with Crippen molar-refractivity contribution in [3.8, 4) is 11.6 Å². The smallest absolute Gasteiger partial charge is 0.256 e. The molecular formula is C9H7BrFN3O. The van der Waals surface area contributed by atoms with Gasteiger partial charge < -0.3 is 4.74 Å². The van der Waals surface area contributed by atoms with Crippen LogP contribution < -0.4 is 4.74 Å². The van der Waals surface area contributed by atoms with Gasteiger partial charge in [-0.15, -0.1) is 0 Å². The number of aryl methyl sites for hydroxylation is 1. The first-order valence-corrected chi connectivity index (χ1v) is 4.92. The molecule has 0 bridgehead atoms. The summed E-state index contributed by atoms with van der Waals surface area (Å²) in [5.74, 6) is -0.134. The average molecular weight is 272 g/mol. The van der Waals surface area contributed by atoms with E-state index in [4.69, 9.17) is 4.74 Å². The lowest BCUT2D eigenvalue weighted by atomic mass is 10.4. The largest absolute Gasteiger partial charge is 0.433 e. The van der Waals surface area contributed by atoms with Crippen molar-refractivity contribution in [1.29, 1.82) is 0 Å². The average Bonchev–Trinajstić information content (AvgIpc) is 2.56. The van der Waals surface area contributed by atoms with Crippen molar-refractivity contribution in [2.45, 2.75) is 0 Å². The van der Waals surface area contributed by atoms with Crippen LogP contribution in [-0.2, 0) is 7.05 Å². The van der Waals surface area contributed by atoms with E-state index in [-0.39, 0.29) is 5.88 Å². The van der Waals surface area contributed by atoms with E-state index in [1.165, 1.54) is 18.5 Å². The zero-order valence-electron chi connectivity index (χ0n) is 7.82. The molecule has 0 N–H and O–H groups in total. The Morgan fingerprint density at radius 2 is 2.27 bits per heavy atom. The zero-order chi connectivity index (χ0) is 10.8. The van der Waals surface area contributed by atoms with Crippen molar-refractivity contribution in [3.63, 3.8) is 0 Å². The minimum absolute atomic E-state index is 0.0637. The van der Waals surface area contributed by atoms with Crippen LogP contribution in [-0.4, -0.2) is 14.8 Å². The molecular weight excluding hydrogens is 265 g/mol. The first-order chi connectivity index (χ1) is 7.15. The fourth-order valence-electron chi connectivity index (χ4n) is 1.04. The highest BCUT2D eigenvalue weighted by Crippen LogP contribution is 2.23. The van der Waals surface area contributed by atoms with Gasteiger partial charge in [0.25, 0.3) is 5.88 Å². The third-order valence-corrected chi connectivity index (χ3v) is 2.10. The summed E-state index contributed by atoms with van der Waals surface area (Å²) in [5.41, 5.74) is 0. The molecule has 0 spiro atoms. The summed E-state index contributed by atoms with van der Waals surface area (Å²) in [5, 5.41) is 3.89. The molecule has 0 radical (unpaired) electrons. The molecule has 0 aliphatic carbocycles. The topological polar surface area (TPSA) is 39.9 Å². The second-order valence-corrected chi connectivity index (χ2v) is 3.81. The van der Waals surface area contributed by atoms with Crippen LogP contribution in [0.4, 0.5) is 4.39 Å². The standard InChI is InChI=1S/C9H7BrFN3O/c1-14-5-7(4-13-14)15-9-8(11)2-6(10)3-12-9/h2-5H,1H3. The van der Waals surface area contributed by atoms with Gasteiger partial charge in [0.15, 0.2) is 11.6 Å². The molecule has 4 nitrogen and oxygen atoms in total. The number of rotatable bonds is 2. The van der Waals surface area contributed by atoms with E-state index in [1.807, 2.05) is 0 Å². The first-order valence-electron chi connectivity index (χ1n) is 4.13. The maximum absolute atomic E-state index is 13.3. The number of pyridine rings is 1. The van der Waals surface area contributed by atoms with E-state index in [0.29, 0.717) is 10.2 Å². The van der Waals surface area contributed by atoms with Crippen molar-refractivity contribution < 1.29 is 9.13 Å². The molecule has 0 saturated heterocycles. The van der Waals surface area contributed by atoms with Gasteiger partial charge in [-0.1, -0.05) is 0 Å². The minimum atomic E-state index is -0.520. The lowest BCUT2D eigenvalue weighted by Gasteiger charge is -2.02. The normalized spacial score (nSPS) is 10.3. The summed E-state index contributed by atoms with van der Waals surface area (Å²) in [7, 11) is 1.75. The van der Waals surface area contributed by atoms with Gasteiger partial charge in [-0.05, 0) is 22.0 Å². The molecule has 78 valence electrons. The van der Waals surface area contributed by atoms with Gasteiger partial charge in [0.1, 0.15) is 0 Å². The van der Waals surface area contributed by atoms with E-state index >= 15 is 0 Å². The monoisotopic (exact) mass is 271 g/mol. The van der Waals surface area contributed by atoms with E-state index < -0.39 is 5.82 Å². The van der Waals surface area contributed by atoms with Crippen molar-refractivity contribution in [1.82, 2.24) is 14.8 Å². The Balaban J connectivity index is 2.24. The van der Waals surface area contributed by atoms with Gasteiger partial charge in [-0.2, -0.15) is 5.10 Å². The van der Waals surface area contributed by atoms with Gasteiger partial charge in [-0.3, -0.25) is 4.68 Å². The molecule has 0 saturated carbocycles. The second kappa shape index (κ2) is 3.98. The van der Waals surface area contributed by atoms with Crippen LogP contribution in [0.5, 0.6) is 11.6 Å². The van der Waals surface area contributed by atoms with E-state index in [2.05, 4.69) is 26.0 Å². The second-order valence-electron chi connectivity index (χ2n) is 2.89. The van der Waals surface area contributed by atoms with Gasteiger partial charge in [-0.25, -0.2) is 9.37 Å². The van der Waals surface area contributed by atoms with Gasteiger partial charge in [0.2, 0.25) is 0 Å². The molecule has 0 amide bonds. The predicted molar refractivity (Wildman–Crippen MR) is 55.2 cm³/mol. The molecule has 15 heavy (non-hydrogen) atoms. The number of hydrogen-bond donors (Lipinski definition) is 0. The van der Waals surface area contributed by atoms with Crippen molar-refractivity contribution in [3.05, 3.63) is 34.9 Å². The molecule has 2 aromatic rings. The summed E-state index contributed by atoms with van der Waals surface area (Å²) in [6.07, 6.45) is 4.58. The van der Waals surface area contributed by atoms with E-state index in [0.717, 1.165) is 0 Å². The SMILES string of the molecule is Cn1cc(Oc2ncc(Br)cc2F)cn1. The zero-order valence-corrected chi connectivity index (χ0v) is 9.40. The number of nitrogens with zero attached hydrogens (tertiary/aromatic N) is 3. The van der Waals surface area contributed by atoms with Crippen LogP contribution in [0.3, 0.4) is 0 Å². The van der Waals surface area contributed by atoms with E-state index in [1.54, 1.807) is 17.9 Å². The Bertz CT molecular complexity index is 486. The highest BCUT2D eigenvalue weighted by Gasteiger charge is 2.07. The van der Waals surface area contributed by atoms with Crippen molar-refractivity contribution in [2.24, 2.45) is 7.05 Å². The molecule has 2 aromatic heterocycles. The molecule has 0 atom stereocenters. The Morgan fingerprint density at radius 3 is 2.87 bits per heavy atom. The lowest BCUT2D eigenvalue weighted by Crippen LogP contribution is -1.91. The molecule has 0 fully saturated rings. The number of hydrogen-bond acceptors (Lipinski definition) is 3. The summed E-state index contributed by atoms with van der Waals surface area (Å²) < 4.78 is 20.6. The van der Waals surface area contributed by atoms with Crippen LogP contribution in [0.2, 0.25) is 0 Å². The molecule has 0 aliphatic rings. The Labute approximate surface area is 93.8 Å². The van der Waals surface area contributed by atoms with Crippen LogP contribution in [0, 0.1) is 5.82 Å². The number of halogens is 2. The summed E-state index contributed by atoms with van der Waals surface area (Å²) in [4.78, 5) is 3.80. The summed E-state index contributed by atoms with van der Waals surface area (Å²) in [6, 6.07) is 1.29. The lowest BCUT2D eigenvalue weighted by molar-refractivity contribution is 0.422. The predicted octanol–water partition coefficient (Wildman–Crippen LogP) is 2.51.